The zero-order valence-electron chi connectivity index (χ0n) is 28.4. The van der Waals surface area contributed by atoms with E-state index in [1.807, 2.05) is 50.3 Å². The third-order valence-electron chi connectivity index (χ3n) is 8.80. The maximum Gasteiger partial charge on any atom is 0.295 e. The number of hydrogen-bond acceptors (Lipinski definition) is 9. The summed E-state index contributed by atoms with van der Waals surface area (Å²) in [5.74, 6) is -1.19. The summed E-state index contributed by atoms with van der Waals surface area (Å²) in [5.41, 5.74) is 2.38. The second-order valence-electron chi connectivity index (χ2n) is 13.2. The van der Waals surface area contributed by atoms with Crippen LogP contribution in [0.4, 0.5) is 11.4 Å². The Balaban J connectivity index is 1.72. The Morgan fingerprint density at radius 2 is 1.46 bits per heavy atom. The second-order valence-corrected chi connectivity index (χ2v) is 21.4. The predicted molar refractivity (Wildman–Crippen MR) is 214 cm³/mol. The van der Waals surface area contributed by atoms with E-state index in [1.54, 1.807) is 75.4 Å². The zero-order chi connectivity index (χ0) is 39.4. The monoisotopic (exact) mass is 1020 g/mol. The van der Waals surface area contributed by atoms with Crippen molar-refractivity contribution in [2.45, 2.75) is 55.2 Å². The smallest absolute Gasteiger partial charge is 0.295 e. The van der Waals surface area contributed by atoms with E-state index in [1.165, 1.54) is 24.3 Å². The standard InChI is InChI=1S/C32H36I2N2O12S4/c1-20(8-6-10-27-31(2,3)21-18-26(52(46,47)48)22(33)19-24(21)36(27)15-17-50(40,41)42)9-7-11-28-32(4,5)29-23(35(28)14-16-49(37,38)39)12-13-25(30(29)34)51(43,44)45/h6-13,18-19H,14-17H2,1-5H3,(H3-,37,38,39,40,41,42,43,44,45,46,47,48)/p+1/i33+4,34-2. The molecule has 52 heavy (non-hydrogen) atoms. The van der Waals surface area contributed by atoms with E-state index in [-0.39, 0.29) is 30.0 Å². The summed E-state index contributed by atoms with van der Waals surface area (Å²) in [5, 5.41) is 0. The lowest BCUT2D eigenvalue weighted by Crippen LogP contribution is -2.30. The van der Waals surface area contributed by atoms with Crippen molar-refractivity contribution in [3.8, 4) is 0 Å². The van der Waals surface area contributed by atoms with Gasteiger partial charge >= 0.3 is 0 Å². The maximum absolute atomic E-state index is 12.1. The molecule has 0 radical (unpaired) electrons. The van der Waals surface area contributed by atoms with Crippen LogP contribution in [0.5, 0.6) is 0 Å². The van der Waals surface area contributed by atoms with E-state index in [9.17, 15) is 51.9 Å². The molecule has 0 unspecified atom stereocenters. The van der Waals surface area contributed by atoms with Crippen LogP contribution in [0, 0.1) is 7.14 Å². The highest BCUT2D eigenvalue weighted by Gasteiger charge is 2.47. The number of anilines is 1. The molecule has 2 aliphatic rings. The van der Waals surface area contributed by atoms with Crippen LogP contribution in [0.2, 0.25) is 0 Å². The van der Waals surface area contributed by atoms with Gasteiger partial charge in [-0.25, -0.2) is 0 Å². The summed E-state index contributed by atoms with van der Waals surface area (Å²) in [6.07, 6.45) is 10.5. The van der Waals surface area contributed by atoms with Crippen LogP contribution < -0.4 is 4.90 Å². The van der Waals surface area contributed by atoms with E-state index < -0.39 is 62.8 Å². The molecule has 2 aliphatic heterocycles. The fourth-order valence-electron chi connectivity index (χ4n) is 6.36. The molecule has 0 aliphatic carbocycles. The van der Waals surface area contributed by atoms with E-state index in [4.69, 9.17) is 0 Å². The molecule has 0 atom stereocenters. The minimum Gasteiger partial charge on any atom is -0.343 e. The highest BCUT2D eigenvalue weighted by Crippen LogP contribution is 2.49. The van der Waals surface area contributed by atoms with E-state index in [2.05, 4.69) is 0 Å². The molecular formula is C32H37I2N2O12S4+. The van der Waals surface area contributed by atoms with Crippen LogP contribution in [0.15, 0.2) is 81.8 Å². The molecule has 2 aromatic rings. The first-order valence-electron chi connectivity index (χ1n) is 15.3. The molecule has 4 N–H and O–H groups in total. The molecule has 0 bridgehead atoms. The van der Waals surface area contributed by atoms with E-state index in [0.717, 1.165) is 5.57 Å². The number of benzene rings is 2. The fraction of sp³-hybridized carbons (Fsp3) is 0.344. The summed E-state index contributed by atoms with van der Waals surface area (Å²) in [4.78, 5) is 1.11. The number of hydrogen-bond donors (Lipinski definition) is 4. The van der Waals surface area contributed by atoms with Gasteiger partial charge in [-0.2, -0.15) is 38.2 Å². The minimum absolute atomic E-state index is 0.135. The van der Waals surface area contributed by atoms with Gasteiger partial charge in [-0.1, -0.05) is 43.7 Å². The van der Waals surface area contributed by atoms with Gasteiger partial charge in [0, 0.05) is 42.6 Å². The van der Waals surface area contributed by atoms with E-state index in [0.29, 0.717) is 33.9 Å². The molecule has 284 valence electrons. The molecule has 20 heteroatoms. The van der Waals surface area contributed by atoms with Crippen molar-refractivity contribution in [2.75, 3.05) is 29.5 Å². The second kappa shape index (κ2) is 14.9. The van der Waals surface area contributed by atoms with Gasteiger partial charge in [0.2, 0.25) is 5.69 Å². The van der Waals surface area contributed by atoms with Crippen LogP contribution in [-0.4, -0.2) is 86.8 Å². The van der Waals surface area contributed by atoms with Gasteiger partial charge in [-0.05, 0) is 95.8 Å². The van der Waals surface area contributed by atoms with Gasteiger partial charge in [0.1, 0.15) is 15.5 Å². The van der Waals surface area contributed by atoms with Crippen molar-refractivity contribution in [1.29, 1.82) is 0 Å². The van der Waals surface area contributed by atoms with Crippen molar-refractivity contribution < 1.29 is 56.5 Å². The Hall–Kier alpha value is -2.03. The Labute approximate surface area is 331 Å². The Kier molecular flexibility index (Phi) is 12.2. The summed E-state index contributed by atoms with van der Waals surface area (Å²) in [6.45, 7) is 8.82. The zero-order valence-corrected chi connectivity index (χ0v) is 36.0. The normalized spacial score (nSPS) is 18.6. The SMILES string of the molecule is CC(/C=C/C=C1/N(CCS(=O)(=O)O)c2cc([131I])c(S(=O)(=O)O)cc2C1(C)C)=C\C=C\C1=[N+](CCS(=O)(=O)O)c2ccc(S(=O)(=O)O)c([125I])c2C1(C)C. The Morgan fingerprint density at radius 3 is 2.02 bits per heavy atom. The van der Waals surface area contributed by atoms with Crippen LogP contribution in [0.3, 0.4) is 0 Å². The first kappa shape index (κ1) is 42.7. The van der Waals surface area contributed by atoms with Gasteiger partial charge < -0.3 is 4.90 Å². The van der Waals surface area contributed by atoms with Gasteiger partial charge in [0.25, 0.3) is 40.5 Å². The van der Waals surface area contributed by atoms with Gasteiger partial charge in [0.15, 0.2) is 12.3 Å². The quantitative estimate of drug-likeness (QED) is 0.0921. The number of allylic oxidation sites excluding steroid dienone is 8. The lowest BCUT2D eigenvalue weighted by atomic mass is 9.81. The summed E-state index contributed by atoms with van der Waals surface area (Å²) < 4.78 is 136. The van der Waals surface area contributed by atoms with Gasteiger partial charge in [-0.15, -0.1) is 0 Å². The number of halogens is 2. The van der Waals surface area contributed by atoms with Gasteiger partial charge in [-0.3, -0.25) is 18.2 Å². The molecular weight excluding hydrogens is 988 g/mol. The number of fused-ring (bicyclic) bond motifs is 2. The van der Waals surface area contributed by atoms with Crippen LogP contribution >= 0.6 is 45.2 Å². The molecule has 0 saturated heterocycles. The Bertz CT molecular complexity index is 2450. The molecule has 2 aromatic carbocycles. The van der Waals surface area contributed by atoms with Crippen molar-refractivity contribution >= 4 is 103 Å². The molecule has 14 nitrogen and oxygen atoms in total. The molecule has 4 rings (SSSR count). The topological polar surface area (TPSA) is 224 Å². The largest absolute Gasteiger partial charge is 0.343 e. The average molecular weight is 1030 g/mol. The lowest BCUT2D eigenvalue weighted by Gasteiger charge is -2.26. The fourth-order valence-corrected chi connectivity index (χ4v) is 11.6. The molecule has 0 aromatic heterocycles. The highest BCUT2D eigenvalue weighted by atomic mass is 131. The first-order chi connectivity index (χ1) is 23.6. The van der Waals surface area contributed by atoms with Crippen LogP contribution in [0.25, 0.3) is 0 Å². The first-order valence-corrected chi connectivity index (χ1v) is 23.5. The summed E-state index contributed by atoms with van der Waals surface area (Å²) in [7, 11) is -17.8. The summed E-state index contributed by atoms with van der Waals surface area (Å²) >= 11 is 3.61. The van der Waals surface area contributed by atoms with Crippen molar-refractivity contribution in [1.82, 2.24) is 0 Å². The summed E-state index contributed by atoms with van der Waals surface area (Å²) in [6, 6.07) is 5.62. The predicted octanol–water partition coefficient (Wildman–Crippen LogP) is 5.28. The van der Waals surface area contributed by atoms with Crippen LogP contribution in [-0.2, 0) is 51.3 Å². The van der Waals surface area contributed by atoms with Crippen molar-refractivity contribution in [2.24, 2.45) is 0 Å². The lowest BCUT2D eigenvalue weighted by molar-refractivity contribution is -0.432. The van der Waals surface area contributed by atoms with Crippen LogP contribution in [0.1, 0.15) is 45.7 Å². The Morgan fingerprint density at radius 1 is 0.865 bits per heavy atom. The number of rotatable bonds is 12. The third kappa shape index (κ3) is 9.25. The van der Waals surface area contributed by atoms with E-state index >= 15 is 0 Å². The van der Waals surface area contributed by atoms with Gasteiger partial charge in [0.05, 0.1) is 16.7 Å². The van der Waals surface area contributed by atoms with Crippen molar-refractivity contribution in [3.63, 3.8) is 0 Å². The minimum atomic E-state index is -4.55. The highest BCUT2D eigenvalue weighted by molar-refractivity contribution is 14.1. The maximum atomic E-state index is 12.1. The molecule has 2 heterocycles. The molecule has 0 saturated carbocycles. The molecule has 0 amide bonds. The molecule has 0 fully saturated rings. The van der Waals surface area contributed by atoms with Crippen molar-refractivity contribution in [3.05, 3.63) is 90.3 Å². The number of nitrogens with zero attached hydrogens (tertiary/aromatic N) is 2. The average Bonchev–Trinajstić information content (AvgIpc) is 3.30. The third-order valence-corrected chi connectivity index (χ3v) is 14.7. The molecule has 0 spiro atoms.